The Hall–Kier alpha value is -5.48. The van der Waals surface area contributed by atoms with Crippen molar-refractivity contribution in [3.05, 3.63) is 128 Å². The third-order valence-electron chi connectivity index (χ3n) is 14.3. The van der Waals surface area contributed by atoms with Crippen molar-refractivity contribution in [1.29, 1.82) is 0 Å². The maximum Gasteiger partial charge on any atom is 0.338 e. The van der Waals surface area contributed by atoms with Gasteiger partial charge in [0, 0.05) is 39.4 Å². The molecule has 2 fully saturated rings. The minimum absolute atomic E-state index is 0.0422. The van der Waals surface area contributed by atoms with Crippen LogP contribution in [-0.4, -0.2) is 144 Å². The molecule has 2 aliphatic heterocycles. The van der Waals surface area contributed by atoms with Gasteiger partial charge in [0.05, 0.1) is 17.2 Å². The monoisotopic (exact) mass is 1090 g/mol. The highest BCUT2D eigenvalue weighted by atomic mass is 32.2. The van der Waals surface area contributed by atoms with Crippen molar-refractivity contribution in [2.24, 2.45) is 0 Å². The molecule has 2 heterocycles. The average Bonchev–Trinajstić information content (AvgIpc) is 3.97. The first-order valence-corrected chi connectivity index (χ1v) is 27.3. The van der Waals surface area contributed by atoms with Crippen LogP contribution in [-0.2, 0) is 14.3 Å². The molecule has 0 aromatic heterocycles. The summed E-state index contributed by atoms with van der Waals surface area (Å²) >= 11 is 0. The SMILES string of the molecule is C/C=S1C(CC)=C(/C(=C(C2=C(CC)/S(=C/C)c3cc(-c4ccc(C(=O)OC5[C@@H](O)[C@H](O)C(O)[C@H](O)[C@H]5O)cc4)ccc32)/C(F)(F)CF)[C@@](C)(F)CF)c2ccc(-c3ccc(C(=O)O[C@@H]4C(=O)C[C@H](O)C[C@@H]4O)cc3)cc2\1. The van der Waals surface area contributed by atoms with Gasteiger partial charge in [0.2, 0.25) is 0 Å². The minimum atomic E-state index is -4.34. The largest absolute Gasteiger partial charge is 0.453 e. The van der Waals surface area contributed by atoms with Crippen LogP contribution in [0.2, 0.25) is 0 Å². The van der Waals surface area contributed by atoms with Crippen LogP contribution in [0.1, 0.15) is 92.1 Å². The summed E-state index contributed by atoms with van der Waals surface area (Å²) in [7, 11) is -1.96. The molecule has 4 aliphatic rings. The number of hydrogen-bond donors (Lipinski definition) is 7. The van der Waals surface area contributed by atoms with Crippen molar-refractivity contribution in [3.8, 4) is 22.3 Å². The van der Waals surface area contributed by atoms with E-state index in [-0.39, 0.29) is 53.5 Å². The first-order valence-electron chi connectivity index (χ1n) is 24.7. The Balaban J connectivity index is 1.18. The molecule has 8 rings (SSSR count). The average molecular weight is 1100 g/mol. The number of carbonyl (C=O) groups excluding carboxylic acids is 3. The van der Waals surface area contributed by atoms with Crippen molar-refractivity contribution >= 4 is 60.6 Å². The maximum atomic E-state index is 17.6. The molecule has 0 bridgehead atoms. The third-order valence-corrected chi connectivity index (χ3v) is 18.9. The van der Waals surface area contributed by atoms with Crippen molar-refractivity contribution in [2.45, 2.75) is 137 Å². The molecule has 12 atom stereocenters. The number of benzene rings is 4. The van der Waals surface area contributed by atoms with Crippen molar-refractivity contribution in [1.82, 2.24) is 0 Å². The topological polar surface area (TPSA) is 211 Å². The van der Waals surface area contributed by atoms with Gasteiger partial charge in [-0.1, -0.05) is 73.1 Å². The molecule has 406 valence electrons. The van der Waals surface area contributed by atoms with Gasteiger partial charge in [0.25, 0.3) is 0 Å². The van der Waals surface area contributed by atoms with E-state index in [0.717, 1.165) is 6.92 Å². The van der Waals surface area contributed by atoms with Gasteiger partial charge in [0.1, 0.15) is 43.3 Å². The number of ketones is 1. The Kier molecular flexibility index (Phi) is 16.8. The zero-order chi connectivity index (χ0) is 55.3. The lowest BCUT2D eigenvalue weighted by atomic mass is 9.77. The lowest BCUT2D eigenvalue weighted by Gasteiger charge is -2.41. The Morgan fingerprint density at radius 3 is 1.45 bits per heavy atom. The molecule has 0 saturated heterocycles. The van der Waals surface area contributed by atoms with Crippen LogP contribution in [0.4, 0.5) is 22.0 Å². The molecule has 2 aliphatic carbocycles. The third kappa shape index (κ3) is 10.3. The Morgan fingerprint density at radius 1 is 0.618 bits per heavy atom. The molecule has 0 amide bonds. The number of fused-ring (bicyclic) bond motifs is 2. The molecule has 4 aromatic rings. The van der Waals surface area contributed by atoms with Crippen LogP contribution in [0, 0.1) is 0 Å². The highest BCUT2D eigenvalue weighted by molar-refractivity contribution is 8.19. The zero-order valence-electron chi connectivity index (χ0n) is 42.1. The van der Waals surface area contributed by atoms with Gasteiger partial charge < -0.3 is 45.2 Å². The number of Topliss-reactive ketones (excluding diaryl/α,β-unsaturated/α-hetero) is 1. The number of esters is 2. The molecule has 19 heteroatoms. The number of halogens is 5. The van der Waals surface area contributed by atoms with E-state index < -0.39 is 130 Å². The highest BCUT2D eigenvalue weighted by Crippen LogP contribution is 2.62. The van der Waals surface area contributed by atoms with Crippen molar-refractivity contribution in [3.63, 3.8) is 0 Å². The van der Waals surface area contributed by atoms with Crippen LogP contribution >= 0.6 is 21.0 Å². The molecule has 12 nitrogen and oxygen atoms in total. The molecule has 4 aromatic carbocycles. The van der Waals surface area contributed by atoms with Crippen molar-refractivity contribution in [2.75, 3.05) is 13.3 Å². The zero-order valence-corrected chi connectivity index (χ0v) is 43.7. The number of rotatable bonds is 14. The van der Waals surface area contributed by atoms with E-state index in [1.807, 2.05) is 16.8 Å². The fourth-order valence-corrected chi connectivity index (χ4v) is 14.9. The summed E-state index contributed by atoms with van der Waals surface area (Å²) in [6.07, 6.45) is -15.1. The fourth-order valence-electron chi connectivity index (χ4n) is 10.5. The van der Waals surface area contributed by atoms with Crippen LogP contribution < -0.4 is 0 Å². The molecule has 0 spiro atoms. The lowest BCUT2D eigenvalue weighted by Crippen LogP contribution is -2.64. The van der Waals surface area contributed by atoms with Gasteiger partial charge in [-0.2, -0.15) is 8.78 Å². The Bertz CT molecular complexity index is 3100. The van der Waals surface area contributed by atoms with Crippen LogP contribution in [0.15, 0.2) is 116 Å². The van der Waals surface area contributed by atoms with Gasteiger partial charge in [0.15, 0.2) is 30.3 Å². The molecule has 2 saturated carbocycles. The van der Waals surface area contributed by atoms with Gasteiger partial charge in [-0.05, 0) is 119 Å². The van der Waals surface area contributed by atoms with E-state index in [9.17, 15) is 50.1 Å². The molecule has 4 unspecified atom stereocenters. The molecule has 76 heavy (non-hydrogen) atoms. The summed E-state index contributed by atoms with van der Waals surface area (Å²) in [6.45, 7) is 4.02. The van der Waals surface area contributed by atoms with E-state index in [2.05, 4.69) is 0 Å². The number of alkyl halides is 5. The van der Waals surface area contributed by atoms with E-state index in [0.29, 0.717) is 47.4 Å². The predicted molar refractivity (Wildman–Crippen MR) is 281 cm³/mol. The second-order valence-electron chi connectivity index (χ2n) is 19.2. The maximum absolute atomic E-state index is 17.6. The van der Waals surface area contributed by atoms with E-state index in [1.54, 1.807) is 82.3 Å². The van der Waals surface area contributed by atoms with Gasteiger partial charge in [-0.25, -0.2) is 22.8 Å². The normalized spacial score (nSPS) is 27.8. The second kappa shape index (κ2) is 22.5. The van der Waals surface area contributed by atoms with Crippen LogP contribution in [0.3, 0.4) is 0 Å². The Morgan fingerprint density at radius 2 is 1.04 bits per heavy atom. The fraction of sp³-hybridized carbons (Fsp3) is 0.386. The molecule has 0 radical (unpaired) electrons. The van der Waals surface area contributed by atoms with E-state index in [4.69, 9.17) is 9.47 Å². The Labute approximate surface area is 440 Å². The summed E-state index contributed by atoms with van der Waals surface area (Å²) < 4.78 is 93.4. The number of hydrogen-bond acceptors (Lipinski definition) is 12. The van der Waals surface area contributed by atoms with E-state index in [1.165, 1.54) is 24.3 Å². The quantitative estimate of drug-likeness (QED) is 0.0360. The summed E-state index contributed by atoms with van der Waals surface area (Å²) in [5.74, 6) is -6.83. The van der Waals surface area contributed by atoms with E-state index >= 15 is 22.0 Å². The molecular weight excluding hydrogens is 1040 g/mol. The first-order chi connectivity index (χ1) is 36.1. The van der Waals surface area contributed by atoms with Gasteiger partial charge >= 0.3 is 17.9 Å². The van der Waals surface area contributed by atoms with Crippen molar-refractivity contribution < 1.29 is 81.6 Å². The van der Waals surface area contributed by atoms with Crippen LogP contribution in [0.25, 0.3) is 33.4 Å². The highest BCUT2D eigenvalue weighted by Gasteiger charge is 2.52. The number of aliphatic hydroxyl groups excluding tert-OH is 7. The smallest absolute Gasteiger partial charge is 0.338 e. The predicted octanol–water partition coefficient (Wildman–Crippen LogP) is 8.44. The lowest BCUT2D eigenvalue weighted by molar-refractivity contribution is -0.223. The second-order valence-corrected chi connectivity index (χ2v) is 23.4. The molecule has 7 N–H and O–H groups in total. The minimum Gasteiger partial charge on any atom is -0.453 e. The summed E-state index contributed by atoms with van der Waals surface area (Å²) in [5.41, 5.74) is -1.67. The van der Waals surface area contributed by atoms with Crippen LogP contribution in [0.5, 0.6) is 0 Å². The summed E-state index contributed by atoms with van der Waals surface area (Å²) in [5, 5.41) is 74.7. The summed E-state index contributed by atoms with van der Waals surface area (Å²) in [6, 6.07) is 22.3. The molecular formula is C57H59F5O12S2. The van der Waals surface area contributed by atoms with Gasteiger partial charge in [-0.15, -0.1) is 21.0 Å². The standard InChI is InChI=1S/C57H59F5O12S2/c1-6-39-43(35-20-18-32(22-41(35)75(39)8-3)28-10-14-30(15-11-28)54(71)73-52-37(64)24-34(63)25-38(52)65)45(56(5,60)26-58)46(57(61,62)27-59)44-36-21-19-33(23-42(36)76(9-4)40(44)7-2)29-12-16-31(17-13-29)55(72)74-53-50(69)48(67)47(66)49(68)51(53)70/h8-23,34,37,47-53,63-64,66-70H,6-7,24-27H2,1-5H3/b46-45-/t34-,37+,47?,48-,49+,50+,51-,52+,53?,56+,75?,76?/m1/s1. The number of carbonyl (C=O) groups is 3. The number of ether oxygens (including phenoxy) is 2. The number of allylic oxidation sites excluding steroid dienone is 6. The first kappa shape index (κ1) is 56.7. The summed E-state index contributed by atoms with van der Waals surface area (Å²) in [4.78, 5) is 40.8. The van der Waals surface area contributed by atoms with Gasteiger partial charge in [-0.3, -0.25) is 4.79 Å². The number of aliphatic hydroxyl groups is 7.